The highest BCUT2D eigenvalue weighted by Crippen LogP contribution is 2.39. The molecule has 0 N–H and O–H groups in total. The van der Waals surface area contributed by atoms with Gasteiger partial charge in [-0.2, -0.15) is 5.10 Å². The first-order chi connectivity index (χ1) is 14.3. The SMILES string of the molecule is COc1ccc(C)c2c1N(C(=O)c1cc(C(C)C)nc3c1cnn3C(C)C)CCC2. The molecule has 30 heavy (non-hydrogen) atoms. The first-order valence-electron chi connectivity index (χ1n) is 10.7. The van der Waals surface area contributed by atoms with Crippen molar-refractivity contribution in [2.45, 2.75) is 59.4 Å². The van der Waals surface area contributed by atoms with Gasteiger partial charge in [-0.1, -0.05) is 19.9 Å². The van der Waals surface area contributed by atoms with Crippen molar-refractivity contribution < 1.29 is 9.53 Å². The first kappa shape index (κ1) is 20.4. The summed E-state index contributed by atoms with van der Waals surface area (Å²) in [5, 5.41) is 5.34. The van der Waals surface area contributed by atoms with Crippen LogP contribution in [0.2, 0.25) is 0 Å². The van der Waals surface area contributed by atoms with Gasteiger partial charge in [0.2, 0.25) is 0 Å². The van der Waals surface area contributed by atoms with Crippen molar-refractivity contribution >= 4 is 22.6 Å². The summed E-state index contributed by atoms with van der Waals surface area (Å²) in [6.45, 7) is 11.1. The topological polar surface area (TPSA) is 60.2 Å². The molecule has 158 valence electrons. The lowest BCUT2D eigenvalue weighted by atomic mass is 9.95. The van der Waals surface area contributed by atoms with Gasteiger partial charge in [0.1, 0.15) is 5.75 Å². The predicted molar refractivity (Wildman–Crippen MR) is 120 cm³/mol. The summed E-state index contributed by atoms with van der Waals surface area (Å²) in [5.74, 6) is 0.940. The number of benzene rings is 1. The second kappa shape index (κ2) is 7.74. The molecule has 1 aromatic carbocycles. The summed E-state index contributed by atoms with van der Waals surface area (Å²) < 4.78 is 7.54. The lowest BCUT2D eigenvalue weighted by Gasteiger charge is -2.32. The highest BCUT2D eigenvalue weighted by atomic mass is 16.5. The lowest BCUT2D eigenvalue weighted by Crippen LogP contribution is -2.36. The minimum absolute atomic E-state index is 0.0162. The number of aryl methyl sites for hydroxylation is 1. The van der Waals surface area contributed by atoms with Crippen LogP contribution < -0.4 is 9.64 Å². The number of carbonyl (C=O) groups is 1. The van der Waals surface area contributed by atoms with Crippen molar-refractivity contribution in [2.75, 3.05) is 18.6 Å². The molecule has 1 aliphatic heterocycles. The second-order valence-electron chi connectivity index (χ2n) is 8.64. The fourth-order valence-corrected chi connectivity index (χ4v) is 4.25. The molecule has 0 radical (unpaired) electrons. The Morgan fingerprint density at radius 2 is 1.97 bits per heavy atom. The molecule has 6 heteroatoms. The van der Waals surface area contributed by atoms with Crippen LogP contribution in [0, 0.1) is 6.92 Å². The van der Waals surface area contributed by atoms with Gasteiger partial charge in [-0.25, -0.2) is 9.67 Å². The molecule has 0 bridgehead atoms. The number of nitrogens with zero attached hydrogens (tertiary/aromatic N) is 4. The van der Waals surface area contributed by atoms with Gasteiger partial charge < -0.3 is 9.64 Å². The van der Waals surface area contributed by atoms with Crippen LogP contribution in [0.5, 0.6) is 5.75 Å². The molecular formula is C24H30N4O2. The van der Waals surface area contributed by atoms with E-state index in [9.17, 15) is 4.79 Å². The number of hydrogen-bond donors (Lipinski definition) is 0. The average Bonchev–Trinajstić information content (AvgIpc) is 3.17. The molecule has 0 aliphatic carbocycles. The Morgan fingerprint density at radius 1 is 1.20 bits per heavy atom. The van der Waals surface area contributed by atoms with Crippen LogP contribution in [0.15, 0.2) is 24.4 Å². The van der Waals surface area contributed by atoms with E-state index in [-0.39, 0.29) is 17.9 Å². The van der Waals surface area contributed by atoms with Crippen molar-refractivity contribution in [2.24, 2.45) is 0 Å². The predicted octanol–water partition coefficient (Wildman–Crippen LogP) is 5.05. The number of pyridine rings is 1. The van der Waals surface area contributed by atoms with E-state index in [1.807, 2.05) is 21.7 Å². The third kappa shape index (κ3) is 3.24. The van der Waals surface area contributed by atoms with Crippen molar-refractivity contribution in [1.29, 1.82) is 0 Å². The van der Waals surface area contributed by atoms with Gasteiger partial charge in [0, 0.05) is 18.3 Å². The number of fused-ring (bicyclic) bond motifs is 2. The van der Waals surface area contributed by atoms with Gasteiger partial charge in [0.25, 0.3) is 5.91 Å². The van der Waals surface area contributed by atoms with Gasteiger partial charge in [-0.05, 0) is 62.8 Å². The van der Waals surface area contributed by atoms with E-state index in [1.165, 1.54) is 11.1 Å². The van der Waals surface area contributed by atoms with Crippen molar-refractivity contribution in [3.05, 3.63) is 46.8 Å². The standard InChI is InChI=1S/C24H30N4O2/c1-14(2)20-12-18(19-13-25-28(15(3)4)23(19)26-20)24(29)27-11-7-8-17-16(5)9-10-21(30-6)22(17)27/h9-10,12-15H,7-8,11H2,1-6H3. The monoisotopic (exact) mass is 406 g/mol. The highest BCUT2D eigenvalue weighted by molar-refractivity contribution is 6.14. The zero-order chi connectivity index (χ0) is 21.6. The van der Waals surface area contributed by atoms with Gasteiger partial charge in [-0.3, -0.25) is 4.79 Å². The Kier molecular flexibility index (Phi) is 5.26. The van der Waals surface area contributed by atoms with Crippen molar-refractivity contribution in [1.82, 2.24) is 14.8 Å². The van der Waals surface area contributed by atoms with E-state index in [4.69, 9.17) is 9.72 Å². The van der Waals surface area contributed by atoms with E-state index in [0.717, 1.165) is 41.0 Å². The Labute approximate surface area is 177 Å². The van der Waals surface area contributed by atoms with E-state index >= 15 is 0 Å². The van der Waals surface area contributed by atoms with Crippen LogP contribution in [0.3, 0.4) is 0 Å². The molecule has 3 heterocycles. The molecule has 2 aromatic heterocycles. The minimum atomic E-state index is -0.0162. The first-order valence-corrected chi connectivity index (χ1v) is 10.7. The zero-order valence-electron chi connectivity index (χ0n) is 18.7. The molecule has 3 aromatic rings. The number of aromatic nitrogens is 3. The summed E-state index contributed by atoms with van der Waals surface area (Å²) in [7, 11) is 1.66. The van der Waals surface area contributed by atoms with Crippen LogP contribution in [0.25, 0.3) is 11.0 Å². The number of hydrogen-bond acceptors (Lipinski definition) is 4. The molecule has 0 unspecified atom stereocenters. The smallest absolute Gasteiger partial charge is 0.259 e. The Hall–Kier alpha value is -2.89. The van der Waals surface area contributed by atoms with Crippen LogP contribution >= 0.6 is 0 Å². The van der Waals surface area contributed by atoms with Crippen LogP contribution in [-0.2, 0) is 6.42 Å². The highest BCUT2D eigenvalue weighted by Gasteiger charge is 2.30. The molecule has 0 saturated carbocycles. The van der Waals surface area contributed by atoms with Crippen LogP contribution in [0.4, 0.5) is 5.69 Å². The Balaban J connectivity index is 1.91. The number of ether oxygens (including phenoxy) is 1. The summed E-state index contributed by atoms with van der Waals surface area (Å²) in [6.07, 6.45) is 3.66. The third-order valence-corrected chi connectivity index (χ3v) is 5.92. The van der Waals surface area contributed by atoms with Gasteiger partial charge >= 0.3 is 0 Å². The minimum Gasteiger partial charge on any atom is -0.495 e. The molecule has 0 fully saturated rings. The molecule has 0 atom stereocenters. The quantitative estimate of drug-likeness (QED) is 0.609. The number of amides is 1. The summed E-state index contributed by atoms with van der Waals surface area (Å²) in [5.41, 5.74) is 5.63. The molecule has 4 rings (SSSR count). The van der Waals surface area contributed by atoms with E-state index in [1.54, 1.807) is 13.3 Å². The van der Waals surface area contributed by atoms with E-state index < -0.39 is 0 Å². The molecular weight excluding hydrogens is 376 g/mol. The normalized spacial score (nSPS) is 13.9. The van der Waals surface area contributed by atoms with Gasteiger partial charge in [0.05, 0.1) is 29.9 Å². The zero-order valence-corrected chi connectivity index (χ0v) is 18.7. The summed E-state index contributed by atoms with van der Waals surface area (Å²) in [6, 6.07) is 6.13. The van der Waals surface area contributed by atoms with Gasteiger partial charge in [0.15, 0.2) is 5.65 Å². The molecule has 0 spiro atoms. The van der Waals surface area contributed by atoms with E-state index in [0.29, 0.717) is 12.1 Å². The molecule has 0 saturated heterocycles. The van der Waals surface area contributed by atoms with Crippen LogP contribution in [-0.4, -0.2) is 34.3 Å². The summed E-state index contributed by atoms with van der Waals surface area (Å²) >= 11 is 0. The maximum Gasteiger partial charge on any atom is 0.259 e. The second-order valence-corrected chi connectivity index (χ2v) is 8.64. The fraction of sp³-hybridized carbons (Fsp3) is 0.458. The number of carbonyl (C=O) groups excluding carboxylic acids is 1. The Bertz CT molecular complexity index is 1110. The number of anilines is 1. The van der Waals surface area contributed by atoms with Gasteiger partial charge in [-0.15, -0.1) is 0 Å². The largest absolute Gasteiger partial charge is 0.495 e. The number of methoxy groups -OCH3 is 1. The lowest BCUT2D eigenvalue weighted by molar-refractivity contribution is 0.0985. The fourth-order valence-electron chi connectivity index (χ4n) is 4.25. The van der Waals surface area contributed by atoms with E-state index in [2.05, 4.69) is 45.8 Å². The summed E-state index contributed by atoms with van der Waals surface area (Å²) in [4.78, 5) is 20.6. The molecule has 1 aliphatic rings. The third-order valence-electron chi connectivity index (χ3n) is 5.92. The van der Waals surface area contributed by atoms with Crippen molar-refractivity contribution in [3.8, 4) is 5.75 Å². The maximum absolute atomic E-state index is 13.9. The Morgan fingerprint density at radius 3 is 2.63 bits per heavy atom. The maximum atomic E-state index is 13.9. The van der Waals surface area contributed by atoms with Crippen LogP contribution in [0.1, 0.15) is 73.3 Å². The number of rotatable bonds is 4. The molecule has 6 nitrogen and oxygen atoms in total. The molecule has 1 amide bonds. The van der Waals surface area contributed by atoms with Crippen molar-refractivity contribution in [3.63, 3.8) is 0 Å². The average molecular weight is 407 g/mol.